The average Bonchev–Trinajstić information content (AvgIpc) is 2.42. The van der Waals surface area contributed by atoms with Crippen molar-refractivity contribution in [3.8, 4) is 0 Å². The van der Waals surface area contributed by atoms with E-state index in [2.05, 4.69) is 4.72 Å². The lowest BCUT2D eigenvalue weighted by molar-refractivity contribution is 0.251. The fourth-order valence-corrected chi connectivity index (χ4v) is 3.92. The first kappa shape index (κ1) is 13.5. The Labute approximate surface area is 119 Å². The van der Waals surface area contributed by atoms with Crippen LogP contribution in [0.25, 0.3) is 10.8 Å². The van der Waals surface area contributed by atoms with Crippen LogP contribution in [0, 0.1) is 0 Å². The van der Waals surface area contributed by atoms with E-state index in [9.17, 15) is 8.42 Å². The molecular formula is C15H18N2O2S. The van der Waals surface area contributed by atoms with E-state index in [4.69, 9.17) is 5.73 Å². The molecule has 0 spiro atoms. The average molecular weight is 290 g/mol. The molecule has 5 heteroatoms. The van der Waals surface area contributed by atoms with Gasteiger partial charge in [-0.3, -0.25) is 0 Å². The highest BCUT2D eigenvalue weighted by atomic mass is 32.2. The van der Waals surface area contributed by atoms with Crippen LogP contribution in [0.5, 0.6) is 0 Å². The van der Waals surface area contributed by atoms with Crippen LogP contribution in [-0.2, 0) is 10.0 Å². The summed E-state index contributed by atoms with van der Waals surface area (Å²) in [4.78, 5) is 0.318. The van der Waals surface area contributed by atoms with E-state index < -0.39 is 10.0 Å². The maximum Gasteiger partial charge on any atom is 0.241 e. The Kier molecular flexibility index (Phi) is 3.28. The highest BCUT2D eigenvalue weighted by Gasteiger charge is 2.33. The lowest BCUT2D eigenvalue weighted by atomic mass is 9.78. The summed E-state index contributed by atoms with van der Waals surface area (Å²) in [7, 11) is -3.53. The van der Waals surface area contributed by atoms with Crippen molar-refractivity contribution in [3.63, 3.8) is 0 Å². The van der Waals surface area contributed by atoms with E-state index in [1.807, 2.05) is 30.3 Å². The normalized spacial score (nSPS) is 17.9. The van der Waals surface area contributed by atoms with Gasteiger partial charge in [-0.15, -0.1) is 0 Å². The largest absolute Gasteiger partial charge is 0.324 e. The second kappa shape index (κ2) is 4.84. The molecule has 106 valence electrons. The summed E-state index contributed by atoms with van der Waals surface area (Å²) in [5.41, 5.74) is 5.71. The van der Waals surface area contributed by atoms with Crippen molar-refractivity contribution in [2.24, 2.45) is 5.73 Å². The van der Waals surface area contributed by atoms with Crippen molar-refractivity contribution in [2.75, 3.05) is 6.54 Å². The highest BCUT2D eigenvalue weighted by Crippen LogP contribution is 2.29. The van der Waals surface area contributed by atoms with Crippen LogP contribution < -0.4 is 10.5 Å². The van der Waals surface area contributed by atoms with Gasteiger partial charge in [0.1, 0.15) is 0 Å². The molecule has 0 radical (unpaired) electrons. The zero-order chi connectivity index (χ0) is 14.2. The lowest BCUT2D eigenvalue weighted by Crippen LogP contribution is -2.54. The molecule has 2 aromatic rings. The van der Waals surface area contributed by atoms with Gasteiger partial charge in [-0.05, 0) is 30.7 Å². The number of fused-ring (bicyclic) bond motifs is 1. The number of benzene rings is 2. The summed E-state index contributed by atoms with van der Waals surface area (Å²) in [5.74, 6) is 0. The first-order chi connectivity index (χ1) is 9.50. The van der Waals surface area contributed by atoms with Crippen molar-refractivity contribution < 1.29 is 8.42 Å². The Hall–Kier alpha value is -1.43. The molecule has 0 aromatic heterocycles. The zero-order valence-electron chi connectivity index (χ0n) is 11.2. The smallest absolute Gasteiger partial charge is 0.241 e. The highest BCUT2D eigenvalue weighted by molar-refractivity contribution is 7.89. The van der Waals surface area contributed by atoms with E-state index in [-0.39, 0.29) is 5.54 Å². The van der Waals surface area contributed by atoms with Gasteiger partial charge in [0.25, 0.3) is 0 Å². The predicted octanol–water partition coefficient (Wildman–Crippen LogP) is 2.00. The quantitative estimate of drug-likeness (QED) is 0.904. The van der Waals surface area contributed by atoms with Crippen molar-refractivity contribution in [1.29, 1.82) is 0 Å². The maximum absolute atomic E-state index is 12.5. The zero-order valence-corrected chi connectivity index (χ0v) is 12.0. The van der Waals surface area contributed by atoms with Crippen LogP contribution in [0.1, 0.15) is 19.3 Å². The van der Waals surface area contributed by atoms with Crippen LogP contribution >= 0.6 is 0 Å². The molecule has 2 aromatic carbocycles. The van der Waals surface area contributed by atoms with Crippen LogP contribution in [0.3, 0.4) is 0 Å². The summed E-state index contributed by atoms with van der Waals surface area (Å²) in [6.45, 7) is 0.304. The van der Waals surface area contributed by atoms with Gasteiger partial charge < -0.3 is 5.73 Å². The number of hydrogen-bond acceptors (Lipinski definition) is 3. The van der Waals surface area contributed by atoms with Crippen LogP contribution in [-0.4, -0.2) is 20.5 Å². The second-order valence-electron chi connectivity index (χ2n) is 5.52. The van der Waals surface area contributed by atoms with Crippen LogP contribution in [0.4, 0.5) is 0 Å². The first-order valence-corrected chi connectivity index (χ1v) is 8.25. The van der Waals surface area contributed by atoms with Gasteiger partial charge in [-0.2, -0.15) is 0 Å². The van der Waals surface area contributed by atoms with Gasteiger partial charge in [0.2, 0.25) is 10.0 Å². The summed E-state index contributed by atoms with van der Waals surface area (Å²) in [6, 6.07) is 12.8. The lowest BCUT2D eigenvalue weighted by Gasteiger charge is -2.38. The van der Waals surface area contributed by atoms with Crippen molar-refractivity contribution in [3.05, 3.63) is 42.5 Å². The minimum absolute atomic E-state index is 0.304. The minimum Gasteiger partial charge on any atom is -0.324 e. The molecule has 0 heterocycles. The molecule has 1 aliphatic carbocycles. The van der Waals surface area contributed by atoms with Gasteiger partial charge in [0, 0.05) is 17.5 Å². The summed E-state index contributed by atoms with van der Waals surface area (Å²) >= 11 is 0. The SMILES string of the molecule is NC1(CNS(=O)(=O)c2cccc3ccccc23)CCC1. The third-order valence-electron chi connectivity index (χ3n) is 4.00. The summed E-state index contributed by atoms with van der Waals surface area (Å²) < 4.78 is 27.6. The van der Waals surface area contributed by atoms with E-state index in [0.29, 0.717) is 11.4 Å². The molecule has 0 unspecified atom stereocenters. The van der Waals surface area contributed by atoms with Crippen molar-refractivity contribution in [1.82, 2.24) is 4.72 Å². The molecule has 0 amide bonds. The molecule has 0 bridgehead atoms. The fraction of sp³-hybridized carbons (Fsp3) is 0.333. The van der Waals surface area contributed by atoms with Crippen LogP contribution in [0.15, 0.2) is 47.4 Å². The van der Waals surface area contributed by atoms with Gasteiger partial charge in [-0.25, -0.2) is 13.1 Å². The number of nitrogens with one attached hydrogen (secondary N) is 1. The molecule has 0 saturated heterocycles. The van der Waals surface area contributed by atoms with Gasteiger partial charge in [0.15, 0.2) is 0 Å². The number of rotatable bonds is 4. The van der Waals surface area contributed by atoms with Crippen molar-refractivity contribution >= 4 is 20.8 Å². The summed E-state index contributed by atoms with van der Waals surface area (Å²) in [6.07, 6.45) is 2.84. The third kappa shape index (κ3) is 2.44. The molecular weight excluding hydrogens is 272 g/mol. The molecule has 1 aliphatic rings. The van der Waals surface area contributed by atoms with E-state index in [0.717, 1.165) is 30.0 Å². The van der Waals surface area contributed by atoms with Gasteiger partial charge in [-0.1, -0.05) is 36.4 Å². The molecule has 1 fully saturated rings. The fourth-order valence-electron chi connectivity index (χ4n) is 2.55. The standard InChI is InChI=1S/C15H18N2O2S/c16-15(9-4-10-15)11-17-20(18,19)14-8-3-6-12-5-1-2-7-13(12)14/h1-3,5-8,17H,4,9-11,16H2. The first-order valence-electron chi connectivity index (χ1n) is 6.77. The molecule has 3 N–H and O–H groups in total. The molecule has 1 saturated carbocycles. The number of hydrogen-bond donors (Lipinski definition) is 2. The van der Waals surface area contributed by atoms with Crippen molar-refractivity contribution in [2.45, 2.75) is 29.7 Å². The Balaban J connectivity index is 1.93. The Morgan fingerprint density at radius 2 is 1.80 bits per heavy atom. The minimum atomic E-state index is -3.53. The summed E-state index contributed by atoms with van der Waals surface area (Å²) in [5, 5.41) is 1.66. The molecule has 20 heavy (non-hydrogen) atoms. The Morgan fingerprint density at radius 3 is 2.50 bits per heavy atom. The molecule has 3 rings (SSSR count). The Morgan fingerprint density at radius 1 is 1.10 bits per heavy atom. The van der Waals surface area contributed by atoms with Crippen LogP contribution in [0.2, 0.25) is 0 Å². The molecule has 0 aliphatic heterocycles. The van der Waals surface area contributed by atoms with E-state index in [1.165, 1.54) is 0 Å². The number of sulfonamides is 1. The second-order valence-corrected chi connectivity index (χ2v) is 7.25. The molecule has 4 nitrogen and oxygen atoms in total. The van der Waals surface area contributed by atoms with E-state index in [1.54, 1.807) is 12.1 Å². The maximum atomic E-state index is 12.5. The Bertz CT molecular complexity index is 731. The van der Waals surface area contributed by atoms with E-state index >= 15 is 0 Å². The predicted molar refractivity (Wildman–Crippen MR) is 79.9 cm³/mol. The topological polar surface area (TPSA) is 72.2 Å². The molecule has 0 atom stereocenters. The number of nitrogens with two attached hydrogens (primary N) is 1. The van der Waals surface area contributed by atoms with Gasteiger partial charge >= 0.3 is 0 Å². The van der Waals surface area contributed by atoms with Gasteiger partial charge in [0.05, 0.1) is 4.90 Å². The monoisotopic (exact) mass is 290 g/mol. The third-order valence-corrected chi connectivity index (χ3v) is 5.46.